The Morgan fingerprint density at radius 3 is 2.78 bits per heavy atom. The van der Waals surface area contributed by atoms with Gasteiger partial charge in [0.25, 0.3) is 0 Å². The summed E-state index contributed by atoms with van der Waals surface area (Å²) >= 11 is 0. The Labute approximate surface area is 107 Å². The summed E-state index contributed by atoms with van der Waals surface area (Å²) in [5.41, 5.74) is 6.61. The second-order valence-corrected chi connectivity index (χ2v) is 5.32. The number of aryl methyl sites for hydroxylation is 1. The van der Waals surface area contributed by atoms with Gasteiger partial charge in [-0.25, -0.2) is 0 Å². The summed E-state index contributed by atoms with van der Waals surface area (Å²) in [4.78, 5) is 12.0. The second-order valence-electron chi connectivity index (χ2n) is 5.32. The Balaban J connectivity index is 1.93. The number of nitrogens with one attached hydrogen (secondary N) is 1. The number of carbonyl (C=O) groups excluding carboxylic acids is 1. The highest BCUT2D eigenvalue weighted by Gasteiger charge is 2.33. The molecule has 5 heteroatoms. The number of amides is 1. The Morgan fingerprint density at radius 1 is 1.50 bits per heavy atom. The van der Waals surface area contributed by atoms with Crippen LogP contribution in [0.25, 0.3) is 0 Å². The molecule has 1 saturated carbocycles. The summed E-state index contributed by atoms with van der Waals surface area (Å²) in [5.74, 6) is 0.388. The molecule has 1 aliphatic rings. The third-order valence-electron chi connectivity index (χ3n) is 3.77. The number of hydrogen-bond acceptors (Lipinski definition) is 4. The molecule has 1 heterocycles. The van der Waals surface area contributed by atoms with Crippen LogP contribution < -0.4 is 11.1 Å². The molecular formula is C13H21N3O2. The summed E-state index contributed by atoms with van der Waals surface area (Å²) in [5, 5.41) is 6.49. The minimum absolute atomic E-state index is 0.0165. The molecule has 3 N–H and O–H groups in total. The van der Waals surface area contributed by atoms with Crippen LogP contribution >= 0.6 is 0 Å². The van der Waals surface area contributed by atoms with Crippen LogP contribution in [-0.2, 0) is 4.79 Å². The normalized spacial score (nSPS) is 18.6. The number of hydrogen-bond donors (Lipinski definition) is 2. The lowest BCUT2D eigenvalue weighted by molar-refractivity contribution is -0.119. The van der Waals surface area contributed by atoms with Crippen molar-refractivity contribution in [3.63, 3.8) is 0 Å². The van der Waals surface area contributed by atoms with Crippen LogP contribution in [0.15, 0.2) is 10.6 Å². The third kappa shape index (κ3) is 3.10. The molecule has 100 valence electrons. The van der Waals surface area contributed by atoms with Crippen molar-refractivity contribution in [3.8, 4) is 0 Å². The van der Waals surface area contributed by atoms with Gasteiger partial charge in [-0.1, -0.05) is 24.4 Å². The van der Waals surface area contributed by atoms with Crippen molar-refractivity contribution >= 4 is 11.8 Å². The Kier molecular flexibility index (Phi) is 4.01. The fourth-order valence-corrected chi connectivity index (χ4v) is 2.70. The molecule has 0 bridgehead atoms. The highest BCUT2D eigenvalue weighted by atomic mass is 16.5. The van der Waals surface area contributed by atoms with Gasteiger partial charge in [0.05, 0.1) is 5.69 Å². The molecule has 1 aromatic heterocycles. The highest BCUT2D eigenvalue weighted by molar-refractivity contribution is 5.89. The van der Waals surface area contributed by atoms with Crippen molar-refractivity contribution in [1.29, 1.82) is 0 Å². The van der Waals surface area contributed by atoms with Gasteiger partial charge in [0.1, 0.15) is 0 Å². The first-order chi connectivity index (χ1) is 8.63. The van der Waals surface area contributed by atoms with Gasteiger partial charge in [0.2, 0.25) is 11.8 Å². The van der Waals surface area contributed by atoms with Gasteiger partial charge in [-0.05, 0) is 31.7 Å². The second kappa shape index (κ2) is 5.52. The lowest BCUT2D eigenvalue weighted by atomic mass is 9.72. The first-order valence-electron chi connectivity index (χ1n) is 6.57. The van der Waals surface area contributed by atoms with E-state index in [0.29, 0.717) is 18.8 Å². The first kappa shape index (κ1) is 13.1. The van der Waals surface area contributed by atoms with E-state index in [0.717, 1.165) is 18.5 Å². The average Bonchev–Trinajstić information content (AvgIpc) is 2.75. The van der Waals surface area contributed by atoms with Gasteiger partial charge in [0, 0.05) is 12.5 Å². The molecule has 1 aliphatic carbocycles. The average molecular weight is 251 g/mol. The van der Waals surface area contributed by atoms with Crippen LogP contribution in [0.4, 0.5) is 5.88 Å². The zero-order valence-corrected chi connectivity index (χ0v) is 10.9. The molecule has 1 fully saturated rings. The van der Waals surface area contributed by atoms with Crippen molar-refractivity contribution in [2.24, 2.45) is 11.1 Å². The maximum atomic E-state index is 12.0. The van der Waals surface area contributed by atoms with E-state index in [4.69, 9.17) is 10.3 Å². The van der Waals surface area contributed by atoms with Crippen molar-refractivity contribution in [1.82, 2.24) is 5.16 Å². The van der Waals surface area contributed by atoms with Gasteiger partial charge in [-0.3, -0.25) is 10.1 Å². The zero-order valence-electron chi connectivity index (χ0n) is 10.9. The maximum absolute atomic E-state index is 12.0. The van der Waals surface area contributed by atoms with Crippen molar-refractivity contribution in [2.75, 3.05) is 11.9 Å². The number of rotatable bonds is 4. The van der Waals surface area contributed by atoms with Gasteiger partial charge < -0.3 is 10.3 Å². The molecule has 5 nitrogen and oxygen atoms in total. The van der Waals surface area contributed by atoms with Crippen molar-refractivity contribution in [2.45, 2.75) is 45.4 Å². The van der Waals surface area contributed by atoms with Gasteiger partial charge >= 0.3 is 0 Å². The highest BCUT2D eigenvalue weighted by Crippen LogP contribution is 2.38. The van der Waals surface area contributed by atoms with E-state index in [9.17, 15) is 4.79 Å². The van der Waals surface area contributed by atoms with Crippen LogP contribution in [0.5, 0.6) is 0 Å². The minimum atomic E-state index is -0.0292. The SMILES string of the molecule is Cc1cc(NC(=O)CC2(CN)CCCCC2)on1. The molecule has 0 radical (unpaired) electrons. The molecule has 0 aliphatic heterocycles. The van der Waals surface area contributed by atoms with Gasteiger partial charge in [-0.15, -0.1) is 0 Å². The number of aromatic nitrogens is 1. The standard InChI is InChI=1S/C13H21N3O2/c1-10-7-12(18-16-10)15-11(17)8-13(9-14)5-3-2-4-6-13/h7H,2-6,8-9,14H2,1H3,(H,15,17). The predicted molar refractivity (Wildman–Crippen MR) is 69.1 cm³/mol. The molecule has 18 heavy (non-hydrogen) atoms. The van der Waals surface area contributed by atoms with E-state index in [-0.39, 0.29) is 11.3 Å². The Bertz CT molecular complexity index is 408. The number of nitrogens with zero attached hydrogens (tertiary/aromatic N) is 1. The molecule has 0 saturated heterocycles. The molecule has 0 aromatic carbocycles. The monoisotopic (exact) mass is 251 g/mol. The topological polar surface area (TPSA) is 81.2 Å². The van der Waals surface area contributed by atoms with Crippen LogP contribution in [-0.4, -0.2) is 17.6 Å². The summed E-state index contributed by atoms with van der Waals surface area (Å²) in [6.07, 6.45) is 6.17. The summed E-state index contributed by atoms with van der Waals surface area (Å²) < 4.78 is 4.98. The molecule has 1 amide bonds. The summed E-state index contributed by atoms with van der Waals surface area (Å²) in [6, 6.07) is 1.72. The fraction of sp³-hybridized carbons (Fsp3) is 0.692. The minimum Gasteiger partial charge on any atom is -0.338 e. The van der Waals surface area contributed by atoms with Crippen LogP contribution in [0.2, 0.25) is 0 Å². The molecule has 1 aromatic rings. The predicted octanol–water partition coefficient (Wildman–Crippen LogP) is 2.22. The molecule has 0 unspecified atom stereocenters. The fourth-order valence-electron chi connectivity index (χ4n) is 2.70. The quantitative estimate of drug-likeness (QED) is 0.859. The van der Waals surface area contributed by atoms with Crippen molar-refractivity contribution in [3.05, 3.63) is 11.8 Å². The van der Waals surface area contributed by atoms with Gasteiger partial charge in [0.15, 0.2) is 0 Å². The lowest BCUT2D eigenvalue weighted by Gasteiger charge is -2.35. The van der Waals surface area contributed by atoms with Gasteiger partial charge in [-0.2, -0.15) is 0 Å². The van der Waals surface area contributed by atoms with E-state index >= 15 is 0 Å². The molecule has 0 atom stereocenters. The molecular weight excluding hydrogens is 230 g/mol. The van der Waals surface area contributed by atoms with Crippen LogP contribution in [0, 0.1) is 12.3 Å². The largest absolute Gasteiger partial charge is 0.338 e. The van der Waals surface area contributed by atoms with E-state index in [1.165, 1.54) is 19.3 Å². The zero-order chi connectivity index (χ0) is 13.0. The van der Waals surface area contributed by atoms with E-state index in [1.54, 1.807) is 6.07 Å². The molecule has 2 rings (SSSR count). The first-order valence-corrected chi connectivity index (χ1v) is 6.57. The Hall–Kier alpha value is -1.36. The number of nitrogens with two attached hydrogens (primary N) is 1. The summed E-state index contributed by atoms with van der Waals surface area (Å²) in [7, 11) is 0. The van der Waals surface area contributed by atoms with Crippen LogP contribution in [0.3, 0.4) is 0 Å². The van der Waals surface area contributed by atoms with E-state index in [2.05, 4.69) is 10.5 Å². The number of carbonyl (C=O) groups is 1. The van der Waals surface area contributed by atoms with Crippen molar-refractivity contribution < 1.29 is 9.32 Å². The summed E-state index contributed by atoms with van der Waals surface area (Å²) in [6.45, 7) is 2.40. The number of anilines is 1. The smallest absolute Gasteiger partial charge is 0.231 e. The van der Waals surface area contributed by atoms with E-state index in [1.807, 2.05) is 6.92 Å². The lowest BCUT2D eigenvalue weighted by Crippen LogP contribution is -2.36. The maximum Gasteiger partial charge on any atom is 0.231 e. The Morgan fingerprint density at radius 2 is 2.22 bits per heavy atom. The third-order valence-corrected chi connectivity index (χ3v) is 3.77. The molecule has 0 spiro atoms. The van der Waals surface area contributed by atoms with E-state index < -0.39 is 0 Å². The van der Waals surface area contributed by atoms with Crippen LogP contribution in [0.1, 0.15) is 44.2 Å².